The van der Waals surface area contributed by atoms with Gasteiger partial charge in [-0.3, -0.25) is 4.68 Å². The lowest BCUT2D eigenvalue weighted by Gasteiger charge is -2.25. The lowest BCUT2D eigenvalue weighted by atomic mass is 9.89. The van der Waals surface area contributed by atoms with Gasteiger partial charge < -0.3 is 0 Å². The normalized spacial score (nSPS) is 14.1. The topological polar surface area (TPSA) is 30.7 Å². The van der Waals surface area contributed by atoms with E-state index in [9.17, 15) is 0 Å². The minimum absolute atomic E-state index is 0.332. The SMILES string of the molecule is CCn1ncnc1CCCC(Br)C(C)(C)C. The molecule has 0 N–H and O–H groups in total. The van der Waals surface area contributed by atoms with E-state index in [1.165, 1.54) is 6.42 Å². The van der Waals surface area contributed by atoms with Gasteiger partial charge in [0.1, 0.15) is 12.2 Å². The summed E-state index contributed by atoms with van der Waals surface area (Å²) in [7, 11) is 0. The molecule has 0 fully saturated rings. The van der Waals surface area contributed by atoms with Gasteiger partial charge in [0.25, 0.3) is 0 Å². The predicted molar refractivity (Wildman–Crippen MR) is 70.8 cm³/mol. The molecular formula is C12H22BrN3. The molecule has 0 amide bonds. The molecule has 4 heteroatoms. The van der Waals surface area contributed by atoms with E-state index in [0.717, 1.165) is 25.2 Å². The van der Waals surface area contributed by atoms with Gasteiger partial charge in [0.15, 0.2) is 0 Å². The van der Waals surface area contributed by atoms with E-state index in [2.05, 4.69) is 53.7 Å². The molecule has 3 nitrogen and oxygen atoms in total. The highest BCUT2D eigenvalue weighted by molar-refractivity contribution is 9.09. The molecule has 0 radical (unpaired) electrons. The molecule has 0 saturated heterocycles. The van der Waals surface area contributed by atoms with Crippen molar-refractivity contribution >= 4 is 15.9 Å². The number of aromatic nitrogens is 3. The molecule has 1 unspecified atom stereocenters. The fourth-order valence-electron chi connectivity index (χ4n) is 1.62. The smallest absolute Gasteiger partial charge is 0.138 e. The third-order valence-corrected chi connectivity index (χ3v) is 4.62. The van der Waals surface area contributed by atoms with Crippen LogP contribution in [0.2, 0.25) is 0 Å². The Labute approximate surface area is 107 Å². The first-order valence-corrected chi connectivity index (χ1v) is 6.87. The Morgan fingerprint density at radius 3 is 2.69 bits per heavy atom. The van der Waals surface area contributed by atoms with E-state index in [4.69, 9.17) is 0 Å². The molecule has 0 aliphatic heterocycles. The Balaban J connectivity index is 2.36. The second-order valence-electron chi connectivity index (χ2n) is 5.22. The fraction of sp³-hybridized carbons (Fsp3) is 0.833. The summed E-state index contributed by atoms with van der Waals surface area (Å²) < 4.78 is 1.97. The summed E-state index contributed by atoms with van der Waals surface area (Å²) in [6.45, 7) is 9.80. The molecule has 0 aromatic carbocycles. The standard InChI is InChI=1S/C12H22BrN3/c1-5-16-11(14-9-15-16)8-6-7-10(13)12(2,3)4/h9-10H,5-8H2,1-4H3. The van der Waals surface area contributed by atoms with Crippen LogP contribution in [0.25, 0.3) is 0 Å². The van der Waals surface area contributed by atoms with Gasteiger partial charge in [0.2, 0.25) is 0 Å². The van der Waals surface area contributed by atoms with Gasteiger partial charge in [-0.1, -0.05) is 36.7 Å². The summed E-state index contributed by atoms with van der Waals surface area (Å²) in [6.07, 6.45) is 5.01. The van der Waals surface area contributed by atoms with Crippen molar-refractivity contribution in [1.29, 1.82) is 0 Å². The van der Waals surface area contributed by atoms with Crippen LogP contribution in [0.1, 0.15) is 46.4 Å². The molecule has 0 saturated carbocycles. The summed E-state index contributed by atoms with van der Waals surface area (Å²) in [5.41, 5.74) is 0.332. The average molecular weight is 288 g/mol. The highest BCUT2D eigenvalue weighted by Crippen LogP contribution is 2.29. The number of rotatable bonds is 5. The van der Waals surface area contributed by atoms with Crippen molar-refractivity contribution in [2.24, 2.45) is 5.41 Å². The van der Waals surface area contributed by atoms with Crippen LogP contribution in [0, 0.1) is 5.41 Å². The van der Waals surface area contributed by atoms with Crippen LogP contribution in [0.3, 0.4) is 0 Å². The molecule has 0 spiro atoms. The van der Waals surface area contributed by atoms with Crippen molar-refractivity contribution in [2.45, 2.75) is 58.3 Å². The Morgan fingerprint density at radius 1 is 1.44 bits per heavy atom. The van der Waals surface area contributed by atoms with Gasteiger partial charge in [-0.05, 0) is 25.2 Å². The minimum Gasteiger partial charge on any atom is -0.250 e. The highest BCUT2D eigenvalue weighted by atomic mass is 79.9. The maximum Gasteiger partial charge on any atom is 0.138 e. The number of nitrogens with zero attached hydrogens (tertiary/aromatic N) is 3. The third kappa shape index (κ3) is 3.89. The fourth-order valence-corrected chi connectivity index (χ4v) is 1.94. The van der Waals surface area contributed by atoms with Crippen molar-refractivity contribution < 1.29 is 0 Å². The number of hydrogen-bond donors (Lipinski definition) is 0. The van der Waals surface area contributed by atoms with Crippen LogP contribution < -0.4 is 0 Å². The van der Waals surface area contributed by atoms with E-state index in [0.29, 0.717) is 10.2 Å². The van der Waals surface area contributed by atoms with Crippen molar-refractivity contribution in [1.82, 2.24) is 14.8 Å². The van der Waals surface area contributed by atoms with Gasteiger partial charge in [0, 0.05) is 17.8 Å². The second-order valence-corrected chi connectivity index (χ2v) is 6.32. The Bertz CT molecular complexity index is 314. The average Bonchev–Trinajstić information content (AvgIpc) is 2.63. The summed E-state index contributed by atoms with van der Waals surface area (Å²) in [4.78, 5) is 4.85. The third-order valence-electron chi connectivity index (χ3n) is 2.79. The summed E-state index contributed by atoms with van der Waals surface area (Å²) in [5.74, 6) is 1.11. The van der Waals surface area contributed by atoms with Crippen LogP contribution in [0.5, 0.6) is 0 Å². The van der Waals surface area contributed by atoms with Crippen LogP contribution >= 0.6 is 15.9 Å². The van der Waals surface area contributed by atoms with Crippen molar-refractivity contribution in [3.8, 4) is 0 Å². The lowest BCUT2D eigenvalue weighted by molar-refractivity contribution is 0.379. The molecule has 0 aliphatic rings. The molecule has 0 aliphatic carbocycles. The van der Waals surface area contributed by atoms with Crippen LogP contribution in [-0.2, 0) is 13.0 Å². The summed E-state index contributed by atoms with van der Waals surface area (Å²) in [6, 6.07) is 0. The Hall–Kier alpha value is -0.380. The molecule has 1 rings (SSSR count). The molecule has 0 bridgehead atoms. The van der Waals surface area contributed by atoms with Crippen LogP contribution in [-0.4, -0.2) is 19.6 Å². The first-order chi connectivity index (χ1) is 7.45. The highest BCUT2D eigenvalue weighted by Gasteiger charge is 2.21. The summed E-state index contributed by atoms with van der Waals surface area (Å²) >= 11 is 3.76. The van der Waals surface area contributed by atoms with Gasteiger partial charge in [-0.2, -0.15) is 5.10 Å². The van der Waals surface area contributed by atoms with Crippen LogP contribution in [0.4, 0.5) is 0 Å². The first-order valence-electron chi connectivity index (χ1n) is 5.96. The van der Waals surface area contributed by atoms with Crippen molar-refractivity contribution in [3.05, 3.63) is 12.2 Å². The van der Waals surface area contributed by atoms with E-state index in [-0.39, 0.29) is 0 Å². The zero-order valence-electron chi connectivity index (χ0n) is 10.7. The van der Waals surface area contributed by atoms with E-state index in [1.807, 2.05) is 4.68 Å². The molecular weight excluding hydrogens is 266 g/mol. The Kier molecular flexibility index (Phi) is 4.96. The van der Waals surface area contributed by atoms with E-state index < -0.39 is 0 Å². The maximum atomic E-state index is 4.28. The van der Waals surface area contributed by atoms with Gasteiger partial charge in [-0.15, -0.1) is 0 Å². The van der Waals surface area contributed by atoms with Gasteiger partial charge >= 0.3 is 0 Å². The molecule has 16 heavy (non-hydrogen) atoms. The number of aryl methyl sites for hydroxylation is 2. The number of halogens is 1. The second kappa shape index (κ2) is 5.80. The lowest BCUT2D eigenvalue weighted by Crippen LogP contribution is -2.20. The predicted octanol–water partition coefficient (Wildman–Crippen LogP) is 3.43. The quantitative estimate of drug-likeness (QED) is 0.777. The van der Waals surface area contributed by atoms with Gasteiger partial charge in [0.05, 0.1) is 0 Å². The molecule has 1 aromatic heterocycles. The minimum atomic E-state index is 0.332. The van der Waals surface area contributed by atoms with Gasteiger partial charge in [-0.25, -0.2) is 4.98 Å². The van der Waals surface area contributed by atoms with Crippen LogP contribution in [0.15, 0.2) is 6.33 Å². The Morgan fingerprint density at radius 2 is 2.12 bits per heavy atom. The van der Waals surface area contributed by atoms with Crippen molar-refractivity contribution in [3.63, 3.8) is 0 Å². The first kappa shape index (κ1) is 13.7. The zero-order valence-corrected chi connectivity index (χ0v) is 12.3. The van der Waals surface area contributed by atoms with Crippen molar-refractivity contribution in [2.75, 3.05) is 0 Å². The van der Waals surface area contributed by atoms with E-state index >= 15 is 0 Å². The molecule has 1 atom stereocenters. The monoisotopic (exact) mass is 287 g/mol. The zero-order chi connectivity index (χ0) is 12.2. The van der Waals surface area contributed by atoms with E-state index in [1.54, 1.807) is 6.33 Å². The molecule has 1 aromatic rings. The largest absolute Gasteiger partial charge is 0.250 e. The summed E-state index contributed by atoms with van der Waals surface area (Å²) in [5, 5.41) is 4.18. The number of alkyl halides is 1. The maximum absolute atomic E-state index is 4.28. The number of hydrogen-bond acceptors (Lipinski definition) is 2. The molecule has 92 valence electrons. The molecule has 1 heterocycles.